The summed E-state index contributed by atoms with van der Waals surface area (Å²) in [6, 6.07) is 0. The maximum Gasteiger partial charge on any atom is 0.447 e. The van der Waals surface area contributed by atoms with Gasteiger partial charge < -0.3 is 10.2 Å². The lowest BCUT2D eigenvalue weighted by atomic mass is 10.3. The van der Waals surface area contributed by atoms with Crippen LogP contribution < -0.4 is 5.32 Å². The van der Waals surface area contributed by atoms with Crippen molar-refractivity contribution < 1.29 is 22.0 Å². The van der Waals surface area contributed by atoms with Gasteiger partial charge in [-0.15, -0.1) is 0 Å². The lowest BCUT2D eigenvalue weighted by Gasteiger charge is -2.27. The van der Waals surface area contributed by atoms with Crippen LogP contribution in [0.25, 0.3) is 0 Å². The first-order chi connectivity index (χ1) is 6.43. The van der Waals surface area contributed by atoms with Gasteiger partial charge in [-0.25, -0.2) is 0 Å². The summed E-state index contributed by atoms with van der Waals surface area (Å²) >= 11 is 0. The van der Waals surface area contributed by atoms with Crippen molar-refractivity contribution in [2.24, 2.45) is 0 Å². The highest BCUT2D eigenvalue weighted by atomic mass is 19.4. The van der Waals surface area contributed by atoms with Gasteiger partial charge in [0.05, 0.1) is 0 Å². The molecule has 0 spiro atoms. The fourth-order valence-electron chi connectivity index (χ4n) is 1.12. The van der Waals surface area contributed by atoms with Crippen LogP contribution in [0, 0.1) is 0 Å². The van der Waals surface area contributed by atoms with Gasteiger partial charge in [-0.3, -0.25) is 0 Å². The van der Waals surface area contributed by atoms with E-state index in [1.54, 1.807) is 0 Å². The van der Waals surface area contributed by atoms with Crippen molar-refractivity contribution in [2.45, 2.75) is 6.18 Å². The monoisotopic (exact) mass is 216 g/mol. The Morgan fingerprint density at radius 1 is 1.07 bits per heavy atom. The Morgan fingerprint density at radius 2 is 1.57 bits per heavy atom. The first-order valence-electron chi connectivity index (χ1n) is 4.01. The molecule has 1 N–H and O–H groups in total. The van der Waals surface area contributed by atoms with Gasteiger partial charge in [-0.1, -0.05) is 0 Å². The van der Waals surface area contributed by atoms with Crippen LogP contribution in [0.3, 0.4) is 0 Å². The molecular weight excluding hydrogens is 207 g/mol. The second-order valence-electron chi connectivity index (χ2n) is 2.84. The standard InChI is InChI=1S/C7H9F5N2/c8-5(7(10,11)12)6(9)14-3-1-13-2-4-14/h13H,1-4H2. The Labute approximate surface area is 77.4 Å². The maximum atomic E-state index is 12.9. The van der Waals surface area contributed by atoms with Crippen molar-refractivity contribution in [3.63, 3.8) is 0 Å². The summed E-state index contributed by atoms with van der Waals surface area (Å²) in [6.07, 6.45) is -5.24. The fourth-order valence-corrected chi connectivity index (χ4v) is 1.12. The summed E-state index contributed by atoms with van der Waals surface area (Å²) < 4.78 is 60.5. The minimum absolute atomic E-state index is 0.0370. The predicted octanol–water partition coefficient (Wildman–Crippen LogP) is 1.56. The lowest BCUT2D eigenvalue weighted by molar-refractivity contribution is -0.113. The van der Waals surface area contributed by atoms with E-state index in [0.717, 1.165) is 4.90 Å². The van der Waals surface area contributed by atoms with Gasteiger partial charge >= 0.3 is 6.18 Å². The first-order valence-corrected chi connectivity index (χ1v) is 4.01. The number of piperazine rings is 1. The fraction of sp³-hybridized carbons (Fsp3) is 0.714. The number of nitrogens with one attached hydrogen (secondary N) is 1. The number of hydrogen-bond acceptors (Lipinski definition) is 2. The summed E-state index contributed by atoms with van der Waals surface area (Å²) in [5.74, 6) is -4.47. The average Bonchev–Trinajstić information content (AvgIpc) is 2.15. The van der Waals surface area contributed by atoms with E-state index in [4.69, 9.17) is 0 Å². The number of allylic oxidation sites excluding steroid dienone is 1. The Hall–Kier alpha value is -0.850. The molecule has 0 saturated carbocycles. The molecule has 1 fully saturated rings. The molecule has 0 aromatic rings. The van der Waals surface area contributed by atoms with Crippen LogP contribution in [0.2, 0.25) is 0 Å². The van der Waals surface area contributed by atoms with Crippen molar-refractivity contribution in [1.29, 1.82) is 0 Å². The molecule has 0 aromatic heterocycles. The van der Waals surface area contributed by atoms with E-state index < -0.39 is 18.0 Å². The summed E-state index contributed by atoms with van der Waals surface area (Å²) in [7, 11) is 0. The molecule has 0 aromatic carbocycles. The number of nitrogens with zero attached hydrogens (tertiary/aromatic N) is 1. The SMILES string of the molecule is FC(=C(F)C(F)(F)F)N1CCNCC1. The largest absolute Gasteiger partial charge is 0.447 e. The Kier molecular flexibility index (Phi) is 3.30. The predicted molar refractivity (Wildman–Crippen MR) is 39.7 cm³/mol. The van der Waals surface area contributed by atoms with E-state index in [1.807, 2.05) is 0 Å². The molecule has 0 unspecified atom stereocenters. The molecule has 0 atom stereocenters. The van der Waals surface area contributed by atoms with Gasteiger partial charge in [0.15, 0.2) is 0 Å². The minimum atomic E-state index is -5.24. The zero-order chi connectivity index (χ0) is 10.8. The van der Waals surface area contributed by atoms with E-state index in [-0.39, 0.29) is 13.1 Å². The van der Waals surface area contributed by atoms with Crippen LogP contribution in [0.15, 0.2) is 11.8 Å². The molecule has 1 rings (SSSR count). The van der Waals surface area contributed by atoms with Gasteiger partial charge in [0.25, 0.3) is 5.83 Å². The highest BCUT2D eigenvalue weighted by Crippen LogP contribution is 2.31. The third kappa shape index (κ3) is 2.57. The summed E-state index contributed by atoms with van der Waals surface area (Å²) in [5, 5.41) is 2.81. The number of rotatable bonds is 1. The van der Waals surface area contributed by atoms with Crippen LogP contribution in [0.5, 0.6) is 0 Å². The summed E-state index contributed by atoms with van der Waals surface area (Å²) in [5.41, 5.74) is 0. The molecule has 2 nitrogen and oxygen atoms in total. The van der Waals surface area contributed by atoms with Crippen LogP contribution in [0.4, 0.5) is 22.0 Å². The van der Waals surface area contributed by atoms with Crippen molar-refractivity contribution in [2.75, 3.05) is 26.2 Å². The summed E-state index contributed by atoms with van der Waals surface area (Å²) in [4.78, 5) is 0.735. The highest BCUT2D eigenvalue weighted by Gasteiger charge is 2.39. The Balaban J connectivity index is 2.74. The molecule has 0 radical (unpaired) electrons. The number of hydrogen-bond donors (Lipinski definition) is 1. The quantitative estimate of drug-likeness (QED) is 0.528. The average molecular weight is 216 g/mol. The van der Waals surface area contributed by atoms with E-state index in [0.29, 0.717) is 13.1 Å². The summed E-state index contributed by atoms with van der Waals surface area (Å²) in [6.45, 7) is 0.766. The van der Waals surface area contributed by atoms with Crippen molar-refractivity contribution in [1.82, 2.24) is 10.2 Å². The molecular formula is C7H9F5N2. The van der Waals surface area contributed by atoms with E-state index >= 15 is 0 Å². The molecule has 0 bridgehead atoms. The molecule has 14 heavy (non-hydrogen) atoms. The van der Waals surface area contributed by atoms with Gasteiger partial charge in [0.1, 0.15) is 0 Å². The molecule has 1 heterocycles. The molecule has 0 aliphatic carbocycles. The molecule has 82 valence electrons. The van der Waals surface area contributed by atoms with Gasteiger partial charge in [0, 0.05) is 26.2 Å². The minimum Gasteiger partial charge on any atom is -0.344 e. The van der Waals surface area contributed by atoms with E-state index in [9.17, 15) is 22.0 Å². The lowest BCUT2D eigenvalue weighted by Crippen LogP contribution is -2.42. The highest BCUT2D eigenvalue weighted by molar-refractivity contribution is 5.05. The molecule has 1 aliphatic heterocycles. The van der Waals surface area contributed by atoms with Crippen LogP contribution in [0.1, 0.15) is 0 Å². The maximum absolute atomic E-state index is 12.9. The van der Waals surface area contributed by atoms with Crippen LogP contribution >= 0.6 is 0 Å². The number of halogens is 5. The van der Waals surface area contributed by atoms with Crippen molar-refractivity contribution >= 4 is 0 Å². The zero-order valence-electron chi connectivity index (χ0n) is 7.17. The first kappa shape index (κ1) is 11.2. The van der Waals surface area contributed by atoms with Gasteiger partial charge in [-0.2, -0.15) is 22.0 Å². The van der Waals surface area contributed by atoms with Crippen LogP contribution in [-0.2, 0) is 0 Å². The normalized spacial score (nSPS) is 20.8. The van der Waals surface area contributed by atoms with Gasteiger partial charge in [0.2, 0.25) is 5.95 Å². The topological polar surface area (TPSA) is 15.3 Å². The van der Waals surface area contributed by atoms with Crippen molar-refractivity contribution in [3.05, 3.63) is 11.8 Å². The smallest absolute Gasteiger partial charge is 0.344 e. The third-order valence-electron chi connectivity index (χ3n) is 1.82. The molecule has 0 amide bonds. The third-order valence-corrected chi connectivity index (χ3v) is 1.82. The number of alkyl halides is 3. The second kappa shape index (κ2) is 4.12. The van der Waals surface area contributed by atoms with Crippen molar-refractivity contribution in [3.8, 4) is 0 Å². The molecule has 1 saturated heterocycles. The van der Waals surface area contributed by atoms with Crippen LogP contribution in [-0.4, -0.2) is 37.3 Å². The Morgan fingerprint density at radius 3 is 2.00 bits per heavy atom. The van der Waals surface area contributed by atoms with Gasteiger partial charge in [-0.05, 0) is 0 Å². The molecule has 1 aliphatic rings. The van der Waals surface area contributed by atoms with E-state index in [2.05, 4.69) is 5.32 Å². The zero-order valence-corrected chi connectivity index (χ0v) is 7.17. The molecule has 7 heteroatoms. The Bertz CT molecular complexity index is 229. The van der Waals surface area contributed by atoms with E-state index in [1.165, 1.54) is 0 Å². The second-order valence-corrected chi connectivity index (χ2v) is 2.84.